The van der Waals surface area contributed by atoms with Crippen LogP contribution in [-0.2, 0) is 20.9 Å². The van der Waals surface area contributed by atoms with E-state index in [-0.39, 0.29) is 17.9 Å². The Bertz CT molecular complexity index is 1850. The van der Waals surface area contributed by atoms with Crippen LogP contribution in [0.3, 0.4) is 0 Å². The van der Waals surface area contributed by atoms with Gasteiger partial charge in [0.15, 0.2) is 0 Å². The van der Waals surface area contributed by atoms with Gasteiger partial charge in [-0.15, -0.1) is 0 Å². The van der Waals surface area contributed by atoms with Crippen molar-refractivity contribution in [3.63, 3.8) is 0 Å². The van der Waals surface area contributed by atoms with Gasteiger partial charge in [0.1, 0.15) is 17.6 Å². The minimum atomic E-state index is -0.913. The van der Waals surface area contributed by atoms with Gasteiger partial charge in [-0.25, -0.2) is 9.29 Å². The molecule has 1 saturated heterocycles. The van der Waals surface area contributed by atoms with Crippen molar-refractivity contribution in [2.24, 2.45) is 5.92 Å². The average Bonchev–Trinajstić information content (AvgIpc) is 3.44. The summed E-state index contributed by atoms with van der Waals surface area (Å²) in [6.45, 7) is -0.354. The molecule has 0 spiro atoms. The average molecular weight is 634 g/mol. The lowest BCUT2D eigenvalue weighted by Crippen LogP contribution is -2.33. The van der Waals surface area contributed by atoms with Crippen LogP contribution in [0, 0.1) is 21.8 Å². The van der Waals surface area contributed by atoms with E-state index < -0.39 is 50.4 Å². The number of anilines is 3. The number of benzene rings is 3. The van der Waals surface area contributed by atoms with Crippen molar-refractivity contribution in [3.05, 3.63) is 109 Å². The molecule has 0 radical (unpaired) electrons. The fraction of sp³-hybridized carbons (Fsp3) is 0.200. The number of nitro benzene ring substituents is 1. The van der Waals surface area contributed by atoms with Crippen molar-refractivity contribution in [3.8, 4) is 0 Å². The summed E-state index contributed by atoms with van der Waals surface area (Å²) >= 11 is 1.99. The quantitative estimate of drug-likeness (QED) is 0.179. The van der Waals surface area contributed by atoms with Crippen LogP contribution in [0.4, 0.5) is 27.1 Å². The van der Waals surface area contributed by atoms with Gasteiger partial charge in [-0.2, -0.15) is 0 Å². The molecule has 44 heavy (non-hydrogen) atoms. The second-order valence-electron chi connectivity index (χ2n) is 10.5. The van der Waals surface area contributed by atoms with Crippen molar-refractivity contribution in [2.45, 2.75) is 22.7 Å². The molecule has 1 aromatic heterocycles. The van der Waals surface area contributed by atoms with Gasteiger partial charge >= 0.3 is 4.87 Å². The molecule has 3 aromatic carbocycles. The normalized spacial score (nSPS) is 19.0. The van der Waals surface area contributed by atoms with Crippen LogP contribution in [-0.4, -0.2) is 46.6 Å². The van der Waals surface area contributed by atoms with Crippen molar-refractivity contribution in [2.75, 3.05) is 29.2 Å². The molecule has 0 aliphatic carbocycles. The molecule has 1 N–H and O–H groups in total. The number of hydrogen-bond donors (Lipinski definition) is 1. The van der Waals surface area contributed by atoms with Gasteiger partial charge in [-0.3, -0.25) is 33.9 Å². The third kappa shape index (κ3) is 5.15. The minimum absolute atomic E-state index is 0.177. The van der Waals surface area contributed by atoms with E-state index in [1.54, 1.807) is 0 Å². The van der Waals surface area contributed by atoms with Crippen molar-refractivity contribution >= 4 is 63.6 Å². The highest BCUT2D eigenvalue weighted by Crippen LogP contribution is 2.54. The highest BCUT2D eigenvalue weighted by Gasteiger charge is 2.56. The summed E-state index contributed by atoms with van der Waals surface area (Å²) < 4.78 is 14.6. The van der Waals surface area contributed by atoms with Crippen molar-refractivity contribution in [1.82, 2.24) is 4.57 Å². The third-order valence-corrected chi connectivity index (χ3v) is 10.2. The molecular formula is C30H24FN5O6S2. The standard InChI is InChI=1S/C30H24FN5O6S2/c1-33(2)19-9-3-16(4-10-19)23-24-25(28(39)35(27(24)38)20-11-13-21(14-12-20)36(41)42)43-29-26(23)44-30(40)34(29)15-22(37)32-18-7-5-17(31)6-8-18/h3-14,23-25H,15H2,1-2H3,(H,32,37)/t23-,24-,25+/m0/s1. The lowest BCUT2D eigenvalue weighted by molar-refractivity contribution is -0.384. The molecule has 0 unspecified atom stereocenters. The Morgan fingerprint density at radius 3 is 2.25 bits per heavy atom. The molecule has 3 amide bonds. The van der Waals surface area contributed by atoms with Crippen LogP contribution in [0.2, 0.25) is 0 Å². The summed E-state index contributed by atoms with van der Waals surface area (Å²) in [6, 6.07) is 17.9. The zero-order valence-electron chi connectivity index (χ0n) is 23.3. The Labute approximate surface area is 258 Å². The van der Waals surface area contributed by atoms with Gasteiger partial charge in [-0.1, -0.05) is 35.2 Å². The topological polar surface area (TPSA) is 135 Å². The number of imide groups is 1. The zero-order chi connectivity index (χ0) is 31.3. The number of thiazole rings is 1. The van der Waals surface area contributed by atoms with Gasteiger partial charge in [0.25, 0.3) is 5.69 Å². The number of carbonyl (C=O) groups excluding carboxylic acids is 3. The molecule has 11 nitrogen and oxygen atoms in total. The Kier molecular flexibility index (Phi) is 7.55. The minimum Gasteiger partial charge on any atom is -0.378 e. The number of nitro groups is 1. The van der Waals surface area contributed by atoms with E-state index >= 15 is 0 Å². The van der Waals surface area contributed by atoms with Crippen LogP contribution in [0.15, 0.2) is 82.6 Å². The predicted molar refractivity (Wildman–Crippen MR) is 165 cm³/mol. The zero-order valence-corrected chi connectivity index (χ0v) is 24.9. The maximum atomic E-state index is 14.0. The molecule has 2 aliphatic heterocycles. The molecule has 224 valence electrons. The first kappa shape index (κ1) is 29.3. The molecule has 6 rings (SSSR count). The molecule has 4 aromatic rings. The summed E-state index contributed by atoms with van der Waals surface area (Å²) in [6.07, 6.45) is 0. The van der Waals surface area contributed by atoms with E-state index in [4.69, 9.17) is 0 Å². The predicted octanol–water partition coefficient (Wildman–Crippen LogP) is 4.46. The first-order valence-corrected chi connectivity index (χ1v) is 15.1. The van der Waals surface area contributed by atoms with E-state index in [1.165, 1.54) is 53.1 Å². The van der Waals surface area contributed by atoms with Crippen LogP contribution >= 0.6 is 23.1 Å². The summed E-state index contributed by atoms with van der Waals surface area (Å²) in [7, 11) is 3.79. The lowest BCUT2D eigenvalue weighted by Gasteiger charge is -2.31. The fourth-order valence-corrected chi connectivity index (χ4v) is 8.22. The number of nitrogens with zero attached hydrogens (tertiary/aromatic N) is 4. The van der Waals surface area contributed by atoms with E-state index in [0.717, 1.165) is 39.2 Å². The fourth-order valence-electron chi connectivity index (χ4n) is 5.45. The molecular weight excluding hydrogens is 609 g/mol. The third-order valence-electron chi connectivity index (χ3n) is 7.57. The summed E-state index contributed by atoms with van der Waals surface area (Å²) in [5.41, 5.74) is 2.03. The Morgan fingerprint density at radius 1 is 0.977 bits per heavy atom. The van der Waals surface area contributed by atoms with Gasteiger partial charge in [0.05, 0.1) is 21.6 Å². The second kappa shape index (κ2) is 11.4. The number of fused-ring (bicyclic) bond motifs is 2. The van der Waals surface area contributed by atoms with E-state index in [1.807, 2.05) is 43.3 Å². The van der Waals surface area contributed by atoms with E-state index in [2.05, 4.69) is 5.32 Å². The Hall–Kier alpha value is -4.82. The second-order valence-corrected chi connectivity index (χ2v) is 12.6. The highest BCUT2D eigenvalue weighted by molar-refractivity contribution is 8.00. The summed E-state index contributed by atoms with van der Waals surface area (Å²) in [5.74, 6) is -3.49. The van der Waals surface area contributed by atoms with Crippen LogP contribution in [0.5, 0.6) is 0 Å². The number of aromatic nitrogens is 1. The van der Waals surface area contributed by atoms with Gasteiger partial charge < -0.3 is 10.2 Å². The van der Waals surface area contributed by atoms with Crippen LogP contribution in [0.25, 0.3) is 0 Å². The van der Waals surface area contributed by atoms with E-state index in [9.17, 15) is 33.7 Å². The van der Waals surface area contributed by atoms with Gasteiger partial charge in [0.2, 0.25) is 17.7 Å². The number of nitrogens with one attached hydrogen (secondary N) is 1. The monoisotopic (exact) mass is 633 g/mol. The summed E-state index contributed by atoms with van der Waals surface area (Å²) in [5, 5.41) is 13.3. The molecule has 0 bridgehead atoms. The Balaban J connectivity index is 1.40. The lowest BCUT2D eigenvalue weighted by atomic mass is 9.83. The number of non-ortho nitro benzene ring substituents is 1. The first-order chi connectivity index (χ1) is 21.0. The van der Waals surface area contributed by atoms with Gasteiger partial charge in [0, 0.05) is 48.4 Å². The Morgan fingerprint density at radius 2 is 1.64 bits per heavy atom. The SMILES string of the molecule is CN(C)c1ccc([C@@H]2c3sc(=O)n(CC(=O)Nc4ccc(F)cc4)c3S[C@H]3C(=O)N(c4ccc([N+](=O)[O-])cc4)C(=O)[C@@H]23)cc1. The molecule has 14 heteroatoms. The number of rotatable bonds is 7. The molecule has 1 fully saturated rings. The van der Waals surface area contributed by atoms with Crippen molar-refractivity contribution in [1.29, 1.82) is 0 Å². The maximum absolute atomic E-state index is 14.0. The van der Waals surface area contributed by atoms with Gasteiger partial charge in [-0.05, 0) is 54.1 Å². The highest BCUT2D eigenvalue weighted by atomic mass is 32.2. The number of thioether (sulfide) groups is 1. The molecule has 2 aliphatic rings. The number of carbonyl (C=O) groups is 3. The summed E-state index contributed by atoms with van der Waals surface area (Å²) in [4.78, 5) is 67.9. The smallest absolute Gasteiger partial charge is 0.308 e. The van der Waals surface area contributed by atoms with Crippen LogP contribution < -0.4 is 20.0 Å². The van der Waals surface area contributed by atoms with E-state index in [0.29, 0.717) is 15.6 Å². The van der Waals surface area contributed by atoms with Crippen LogP contribution in [0.1, 0.15) is 16.4 Å². The number of amides is 3. The first-order valence-electron chi connectivity index (χ1n) is 13.4. The number of halogens is 1. The molecule has 0 saturated carbocycles. The number of hydrogen-bond acceptors (Lipinski definition) is 9. The largest absolute Gasteiger partial charge is 0.378 e. The molecule has 3 heterocycles. The van der Waals surface area contributed by atoms with Crippen molar-refractivity contribution < 1.29 is 23.7 Å². The molecule has 3 atom stereocenters. The maximum Gasteiger partial charge on any atom is 0.308 e.